The van der Waals surface area contributed by atoms with Crippen molar-refractivity contribution in [2.24, 2.45) is 0 Å². The van der Waals surface area contributed by atoms with Crippen molar-refractivity contribution in [3.8, 4) is 11.1 Å². The average Bonchev–Trinajstić information content (AvgIpc) is 2.55. The molecule has 0 atom stereocenters. The van der Waals surface area contributed by atoms with Crippen LogP contribution in [-0.2, 0) is 0 Å². The van der Waals surface area contributed by atoms with Gasteiger partial charge < -0.3 is 0 Å². The predicted octanol–water partition coefficient (Wildman–Crippen LogP) is 5.41. The average molecular weight is 305 g/mol. The molecule has 0 bridgehead atoms. The molecule has 0 saturated carbocycles. The lowest BCUT2D eigenvalue weighted by molar-refractivity contribution is 1.20. The van der Waals surface area contributed by atoms with Crippen molar-refractivity contribution in [2.75, 3.05) is 0 Å². The molecule has 0 unspecified atom stereocenters. The van der Waals surface area contributed by atoms with Gasteiger partial charge in [0.25, 0.3) is 0 Å². The maximum atomic E-state index is 6.19. The summed E-state index contributed by atoms with van der Waals surface area (Å²) in [4.78, 5) is 8.52. The molecule has 2 nitrogen and oxygen atoms in total. The first-order valence-corrected chi connectivity index (χ1v) is 7.51. The second-order valence-corrected chi connectivity index (χ2v) is 5.69. The highest BCUT2D eigenvalue weighted by Gasteiger charge is 2.07. The number of benzene rings is 2. The molecular weight excluding hydrogens is 292 g/mol. The van der Waals surface area contributed by atoms with E-state index < -0.39 is 0 Å². The number of aryl methyl sites for hydroxylation is 1. The van der Waals surface area contributed by atoms with Crippen LogP contribution in [0.3, 0.4) is 0 Å². The molecule has 4 rings (SSSR count). The molecule has 0 aliphatic carbocycles. The zero-order chi connectivity index (χ0) is 15.1. The van der Waals surface area contributed by atoms with Gasteiger partial charge in [-0.1, -0.05) is 41.9 Å². The summed E-state index contributed by atoms with van der Waals surface area (Å²) in [5, 5.41) is 5.04. The molecule has 0 aliphatic heterocycles. The number of hydrogen-bond acceptors (Lipinski definition) is 2. The van der Waals surface area contributed by atoms with E-state index >= 15 is 0 Å². The lowest BCUT2D eigenvalue weighted by Crippen LogP contribution is -1.87. The van der Waals surface area contributed by atoms with Crippen LogP contribution in [0.2, 0.25) is 5.15 Å². The summed E-state index contributed by atoms with van der Waals surface area (Å²) in [6.45, 7) is 2.03. The Morgan fingerprint density at radius 3 is 2.55 bits per heavy atom. The van der Waals surface area contributed by atoms with Crippen LogP contribution >= 0.6 is 11.6 Å². The van der Waals surface area contributed by atoms with E-state index in [0.717, 1.165) is 22.0 Å². The third-order valence-electron chi connectivity index (χ3n) is 4.03. The van der Waals surface area contributed by atoms with E-state index in [-0.39, 0.29) is 0 Å². The summed E-state index contributed by atoms with van der Waals surface area (Å²) in [5.41, 5.74) is 3.38. The Hall–Kier alpha value is -2.45. The Balaban J connectivity index is 2.00. The monoisotopic (exact) mass is 304 g/mol. The largest absolute Gasteiger partial charge is 0.261 e. The zero-order valence-corrected chi connectivity index (χ0v) is 12.8. The minimum absolute atomic E-state index is 0.548. The molecule has 0 fully saturated rings. The first-order chi connectivity index (χ1) is 10.7. The fourth-order valence-corrected chi connectivity index (χ4v) is 3.14. The second-order valence-electron chi connectivity index (χ2n) is 5.33. The number of aromatic nitrogens is 2. The van der Waals surface area contributed by atoms with Crippen LogP contribution in [0.5, 0.6) is 0 Å². The Bertz CT molecular complexity index is 1010. The maximum absolute atomic E-state index is 6.19. The van der Waals surface area contributed by atoms with Gasteiger partial charge >= 0.3 is 0 Å². The fourth-order valence-electron chi connectivity index (χ4n) is 2.92. The fraction of sp³-hybridized carbons (Fsp3) is 0.0526. The molecule has 22 heavy (non-hydrogen) atoms. The summed E-state index contributed by atoms with van der Waals surface area (Å²) in [7, 11) is 0. The van der Waals surface area contributed by atoms with Crippen LogP contribution in [0.15, 0.2) is 60.9 Å². The summed E-state index contributed by atoms with van der Waals surface area (Å²) < 4.78 is 0. The molecule has 4 aromatic rings. The van der Waals surface area contributed by atoms with E-state index in [0.29, 0.717) is 5.15 Å². The first kappa shape index (κ1) is 13.2. The molecular formula is C19H13ClN2. The Kier molecular flexibility index (Phi) is 3.05. The van der Waals surface area contributed by atoms with Gasteiger partial charge in [-0.05, 0) is 46.8 Å². The highest BCUT2D eigenvalue weighted by atomic mass is 35.5. The molecule has 3 heteroatoms. The molecule has 0 spiro atoms. The molecule has 0 saturated heterocycles. The molecule has 2 aromatic carbocycles. The maximum Gasteiger partial charge on any atom is 0.136 e. The molecule has 0 amide bonds. The molecule has 0 aliphatic rings. The van der Waals surface area contributed by atoms with Gasteiger partial charge in [0.2, 0.25) is 0 Å². The number of pyridine rings is 2. The molecule has 2 heterocycles. The highest BCUT2D eigenvalue weighted by molar-refractivity contribution is 6.35. The van der Waals surface area contributed by atoms with Crippen molar-refractivity contribution in [3.05, 3.63) is 71.8 Å². The van der Waals surface area contributed by atoms with E-state index in [9.17, 15) is 0 Å². The van der Waals surface area contributed by atoms with Gasteiger partial charge in [-0.2, -0.15) is 0 Å². The van der Waals surface area contributed by atoms with Gasteiger partial charge in [-0.3, -0.25) is 4.98 Å². The number of nitrogens with zero attached hydrogens (tertiary/aromatic N) is 2. The van der Waals surface area contributed by atoms with Crippen molar-refractivity contribution in [1.82, 2.24) is 9.97 Å². The Morgan fingerprint density at radius 1 is 0.818 bits per heavy atom. The van der Waals surface area contributed by atoms with Crippen LogP contribution in [-0.4, -0.2) is 9.97 Å². The summed E-state index contributed by atoms with van der Waals surface area (Å²) in [5.74, 6) is 0. The number of rotatable bonds is 1. The third-order valence-corrected chi connectivity index (χ3v) is 4.33. The van der Waals surface area contributed by atoms with Crippen LogP contribution in [0.25, 0.3) is 32.7 Å². The standard InChI is InChI=1S/C19H13ClN2/c1-12-15(3-2-9-21-12)13-4-6-16-14(11-13)5-7-18-17(16)8-10-22-19(18)20/h2-11H,1H3. The van der Waals surface area contributed by atoms with Gasteiger partial charge in [0.05, 0.1) is 0 Å². The van der Waals surface area contributed by atoms with Crippen LogP contribution in [0.1, 0.15) is 5.69 Å². The van der Waals surface area contributed by atoms with E-state index in [1.165, 1.54) is 16.3 Å². The van der Waals surface area contributed by atoms with Gasteiger partial charge in [0.15, 0.2) is 0 Å². The Labute approximate surface area is 133 Å². The van der Waals surface area contributed by atoms with E-state index in [2.05, 4.69) is 40.3 Å². The Morgan fingerprint density at radius 2 is 1.68 bits per heavy atom. The van der Waals surface area contributed by atoms with E-state index in [4.69, 9.17) is 11.6 Å². The summed E-state index contributed by atoms with van der Waals surface area (Å²) in [6, 6.07) is 16.7. The second kappa shape index (κ2) is 5.08. The smallest absolute Gasteiger partial charge is 0.136 e. The molecule has 2 aromatic heterocycles. The topological polar surface area (TPSA) is 25.8 Å². The number of hydrogen-bond donors (Lipinski definition) is 0. The SMILES string of the molecule is Cc1ncccc1-c1ccc2c(ccc3c(Cl)nccc32)c1. The quantitative estimate of drug-likeness (QED) is 0.347. The number of fused-ring (bicyclic) bond motifs is 3. The first-order valence-electron chi connectivity index (χ1n) is 7.13. The number of halogens is 1. The van der Waals surface area contributed by atoms with Crippen LogP contribution in [0, 0.1) is 6.92 Å². The lowest BCUT2D eigenvalue weighted by Gasteiger charge is -2.09. The van der Waals surface area contributed by atoms with Crippen molar-refractivity contribution in [1.29, 1.82) is 0 Å². The summed E-state index contributed by atoms with van der Waals surface area (Å²) >= 11 is 6.19. The molecule has 0 radical (unpaired) electrons. The van der Waals surface area contributed by atoms with Crippen molar-refractivity contribution in [2.45, 2.75) is 6.92 Å². The minimum atomic E-state index is 0.548. The predicted molar refractivity (Wildman–Crippen MR) is 92.2 cm³/mol. The van der Waals surface area contributed by atoms with Gasteiger partial charge in [-0.15, -0.1) is 0 Å². The molecule has 106 valence electrons. The van der Waals surface area contributed by atoms with Crippen LogP contribution in [0.4, 0.5) is 0 Å². The zero-order valence-electron chi connectivity index (χ0n) is 12.0. The summed E-state index contributed by atoms with van der Waals surface area (Å²) in [6.07, 6.45) is 3.58. The third kappa shape index (κ3) is 2.04. The van der Waals surface area contributed by atoms with Gasteiger partial charge in [0.1, 0.15) is 5.15 Å². The minimum Gasteiger partial charge on any atom is -0.261 e. The van der Waals surface area contributed by atoms with E-state index in [1.54, 1.807) is 6.20 Å². The van der Waals surface area contributed by atoms with E-state index in [1.807, 2.05) is 31.3 Å². The van der Waals surface area contributed by atoms with Gasteiger partial charge in [-0.25, -0.2) is 4.98 Å². The van der Waals surface area contributed by atoms with Crippen molar-refractivity contribution >= 4 is 33.1 Å². The molecule has 0 N–H and O–H groups in total. The highest BCUT2D eigenvalue weighted by Crippen LogP contribution is 2.32. The van der Waals surface area contributed by atoms with Crippen molar-refractivity contribution in [3.63, 3.8) is 0 Å². The van der Waals surface area contributed by atoms with Crippen molar-refractivity contribution < 1.29 is 0 Å². The normalized spacial score (nSPS) is 11.2. The van der Waals surface area contributed by atoms with Gasteiger partial charge in [0, 0.05) is 29.0 Å². The van der Waals surface area contributed by atoms with Crippen LogP contribution < -0.4 is 0 Å². The lowest BCUT2D eigenvalue weighted by atomic mass is 9.98.